The Kier molecular flexibility index (Phi) is 2.64. The fourth-order valence-corrected chi connectivity index (χ4v) is 9.32. The van der Waals surface area contributed by atoms with Crippen molar-refractivity contribution in [1.29, 1.82) is 0 Å². The molecule has 23 heavy (non-hydrogen) atoms. The second-order valence-electron chi connectivity index (χ2n) is 6.10. The maximum absolute atomic E-state index is 6.68. The average Bonchev–Trinajstić information content (AvgIpc) is 3.18. The summed E-state index contributed by atoms with van der Waals surface area (Å²) < 4.78 is 13.4. The number of hydrogen-bond acceptors (Lipinski definition) is 2. The maximum atomic E-state index is 6.68. The minimum absolute atomic E-state index is 0.616. The van der Waals surface area contributed by atoms with E-state index >= 15 is 0 Å². The van der Waals surface area contributed by atoms with Crippen LogP contribution in [0.2, 0.25) is 0 Å². The van der Waals surface area contributed by atoms with Crippen molar-refractivity contribution >= 4 is 23.0 Å². The molecule has 2 nitrogen and oxygen atoms in total. The molecular formula is C20H17O2P. The molecule has 0 radical (unpaired) electrons. The van der Waals surface area contributed by atoms with Crippen LogP contribution in [0.4, 0.5) is 0 Å². The Balaban J connectivity index is 1.96. The molecule has 0 aliphatic carbocycles. The zero-order valence-electron chi connectivity index (χ0n) is 12.7. The first-order valence-electron chi connectivity index (χ1n) is 7.89. The molecule has 2 aliphatic rings. The van der Waals surface area contributed by atoms with Crippen LogP contribution >= 0.6 is 7.06 Å². The van der Waals surface area contributed by atoms with Crippen molar-refractivity contribution in [2.45, 2.75) is 13.2 Å². The topological polar surface area (TPSA) is 18.5 Å². The molecule has 0 aromatic heterocycles. The van der Waals surface area contributed by atoms with E-state index in [0.29, 0.717) is 13.2 Å². The second-order valence-corrected chi connectivity index (χ2v) is 10.0. The summed E-state index contributed by atoms with van der Waals surface area (Å²) in [5.41, 5.74) is 2.54. The van der Waals surface area contributed by atoms with Gasteiger partial charge in [-0.1, -0.05) is 0 Å². The Morgan fingerprint density at radius 2 is 1.04 bits per heavy atom. The van der Waals surface area contributed by atoms with Crippen molar-refractivity contribution in [2.75, 3.05) is 0 Å². The summed E-state index contributed by atoms with van der Waals surface area (Å²) >= 11 is 0. The first-order valence-corrected chi connectivity index (χ1v) is 9.96. The van der Waals surface area contributed by atoms with Gasteiger partial charge in [0.05, 0.1) is 0 Å². The van der Waals surface area contributed by atoms with Crippen molar-refractivity contribution in [2.24, 2.45) is 0 Å². The van der Waals surface area contributed by atoms with Gasteiger partial charge >= 0.3 is 135 Å². The molecule has 0 fully saturated rings. The van der Waals surface area contributed by atoms with E-state index < -0.39 is 7.06 Å². The molecule has 0 bridgehead atoms. The van der Waals surface area contributed by atoms with Gasteiger partial charge in [-0.15, -0.1) is 0 Å². The Morgan fingerprint density at radius 1 is 0.565 bits per heavy atom. The Hall–Kier alpha value is -1.99. The molecule has 2 heterocycles. The third-order valence-electron chi connectivity index (χ3n) is 4.99. The number of rotatable bonds is 2. The van der Waals surface area contributed by atoms with Gasteiger partial charge in [0.2, 0.25) is 0 Å². The normalized spacial score (nSPS) is 21.3. The zero-order chi connectivity index (χ0) is 15.4. The molecule has 0 saturated heterocycles. The van der Waals surface area contributed by atoms with E-state index in [0.717, 1.165) is 10.6 Å². The van der Waals surface area contributed by atoms with Gasteiger partial charge in [0.1, 0.15) is 0 Å². The van der Waals surface area contributed by atoms with Crippen LogP contribution in [0.3, 0.4) is 0 Å². The summed E-state index contributed by atoms with van der Waals surface area (Å²) in [7, 11) is -3.24. The molecular weight excluding hydrogens is 303 g/mol. The van der Waals surface area contributed by atoms with Crippen molar-refractivity contribution < 1.29 is 9.05 Å². The summed E-state index contributed by atoms with van der Waals surface area (Å²) in [4.78, 5) is 0. The quantitative estimate of drug-likeness (QED) is 0.674. The van der Waals surface area contributed by atoms with E-state index in [1.807, 2.05) is 12.1 Å². The van der Waals surface area contributed by atoms with Gasteiger partial charge in [-0.3, -0.25) is 0 Å². The van der Waals surface area contributed by atoms with Crippen LogP contribution in [0.15, 0.2) is 78.9 Å². The van der Waals surface area contributed by atoms with Crippen LogP contribution < -0.4 is 15.9 Å². The molecule has 3 heteroatoms. The van der Waals surface area contributed by atoms with E-state index in [9.17, 15) is 0 Å². The molecule has 0 spiro atoms. The first kappa shape index (κ1) is 13.4. The first-order chi connectivity index (χ1) is 11.3. The molecule has 0 N–H and O–H groups in total. The fraction of sp³-hybridized carbons (Fsp3) is 0.100. The van der Waals surface area contributed by atoms with Gasteiger partial charge in [-0.25, -0.2) is 0 Å². The third kappa shape index (κ3) is 1.49. The summed E-state index contributed by atoms with van der Waals surface area (Å²) in [6.07, 6.45) is 0. The van der Waals surface area contributed by atoms with Gasteiger partial charge in [0.25, 0.3) is 0 Å². The molecule has 3 aromatic rings. The van der Waals surface area contributed by atoms with Crippen LogP contribution in [0.25, 0.3) is 0 Å². The summed E-state index contributed by atoms with van der Waals surface area (Å²) in [6.45, 7) is 1.23. The molecule has 3 aromatic carbocycles. The van der Waals surface area contributed by atoms with E-state index in [1.54, 1.807) is 0 Å². The predicted octanol–water partition coefficient (Wildman–Crippen LogP) is 3.41. The van der Waals surface area contributed by atoms with Crippen molar-refractivity contribution in [1.82, 2.24) is 0 Å². The minimum atomic E-state index is -3.24. The zero-order valence-corrected chi connectivity index (χ0v) is 13.6. The van der Waals surface area contributed by atoms with E-state index in [4.69, 9.17) is 9.05 Å². The van der Waals surface area contributed by atoms with E-state index in [-0.39, 0.29) is 0 Å². The van der Waals surface area contributed by atoms with E-state index in [1.165, 1.54) is 16.4 Å². The van der Waals surface area contributed by atoms with Gasteiger partial charge in [0, 0.05) is 0 Å². The average molecular weight is 320 g/mol. The standard InChI is InChI=1S/C20H17O2P/c1-3-10-18(11-4-1)23(19-12-5-2-6-13-19)20-16(14-21-23)8-7-9-17(20)15-22-23/h1-13H,14-15H2. The molecule has 5 rings (SSSR count). The molecule has 0 saturated carbocycles. The van der Waals surface area contributed by atoms with Crippen LogP contribution in [0, 0.1) is 0 Å². The Morgan fingerprint density at radius 3 is 1.52 bits per heavy atom. The molecule has 0 amide bonds. The monoisotopic (exact) mass is 320 g/mol. The molecule has 0 unspecified atom stereocenters. The predicted molar refractivity (Wildman–Crippen MR) is 94.7 cm³/mol. The summed E-state index contributed by atoms with van der Waals surface area (Å²) in [5, 5.41) is 3.62. The van der Waals surface area contributed by atoms with Crippen molar-refractivity contribution in [3.8, 4) is 0 Å². The van der Waals surface area contributed by atoms with Gasteiger partial charge in [-0.2, -0.15) is 0 Å². The summed E-state index contributed by atoms with van der Waals surface area (Å²) in [6, 6.07) is 27.5. The van der Waals surface area contributed by atoms with Crippen LogP contribution in [-0.4, -0.2) is 0 Å². The van der Waals surface area contributed by atoms with Gasteiger partial charge < -0.3 is 0 Å². The van der Waals surface area contributed by atoms with Crippen LogP contribution in [-0.2, 0) is 22.3 Å². The number of benzene rings is 3. The van der Waals surface area contributed by atoms with Crippen LogP contribution in [0.5, 0.6) is 0 Å². The molecule has 0 atom stereocenters. The summed E-state index contributed by atoms with van der Waals surface area (Å²) in [5.74, 6) is 0. The van der Waals surface area contributed by atoms with Gasteiger partial charge in [-0.05, 0) is 0 Å². The Labute approximate surface area is 135 Å². The fourth-order valence-electron chi connectivity index (χ4n) is 4.05. The number of hydrogen-bond donors (Lipinski definition) is 0. The Bertz CT molecular complexity index is 820. The molecule has 2 aliphatic heterocycles. The van der Waals surface area contributed by atoms with Crippen molar-refractivity contribution in [3.05, 3.63) is 90.0 Å². The molecule has 114 valence electrons. The third-order valence-corrected chi connectivity index (χ3v) is 10.1. The van der Waals surface area contributed by atoms with Crippen LogP contribution in [0.1, 0.15) is 11.1 Å². The van der Waals surface area contributed by atoms with E-state index in [2.05, 4.69) is 66.7 Å². The van der Waals surface area contributed by atoms with Gasteiger partial charge in [0.15, 0.2) is 0 Å². The second kappa shape index (κ2) is 4.52. The van der Waals surface area contributed by atoms with Crippen molar-refractivity contribution in [3.63, 3.8) is 0 Å². The SMILES string of the molecule is c1ccc(P23(c4ccccc4)OCc4cccc(c42)CO3)cc1.